The molecule has 29 heavy (non-hydrogen) atoms. The summed E-state index contributed by atoms with van der Waals surface area (Å²) in [5.41, 5.74) is 3.69. The minimum Gasteiger partial charge on any atom is -0.394 e. The number of hydrogen-bond acceptors (Lipinski definition) is 3. The Morgan fingerprint density at radius 2 is 1.21 bits per heavy atom. The molecular weight excluding hydrogens is 356 g/mol. The van der Waals surface area contributed by atoms with Gasteiger partial charge in [-0.05, 0) is 23.1 Å². The van der Waals surface area contributed by atoms with E-state index in [2.05, 4.69) is 101 Å². The van der Waals surface area contributed by atoms with Gasteiger partial charge in [0.05, 0.1) is 12.1 Å². The van der Waals surface area contributed by atoms with Gasteiger partial charge in [-0.25, -0.2) is 0 Å². The van der Waals surface area contributed by atoms with Crippen LogP contribution in [0.25, 0.3) is 0 Å². The monoisotopic (exact) mass is 386 g/mol. The van der Waals surface area contributed by atoms with Gasteiger partial charge in [0, 0.05) is 32.7 Å². The SMILES string of the molecule is OC[C@]1(N(Cc2ccccc2)Cc2ccccc2)CCN(Cc2ccccc2)C1. The molecule has 1 N–H and O–H groups in total. The van der Waals surface area contributed by atoms with Gasteiger partial charge in [-0.1, -0.05) is 91.0 Å². The summed E-state index contributed by atoms with van der Waals surface area (Å²) in [6.45, 7) is 4.70. The van der Waals surface area contributed by atoms with Crippen molar-refractivity contribution in [2.75, 3.05) is 19.7 Å². The van der Waals surface area contributed by atoms with Crippen molar-refractivity contribution in [1.29, 1.82) is 0 Å². The topological polar surface area (TPSA) is 26.7 Å². The van der Waals surface area contributed by atoms with E-state index in [1.54, 1.807) is 0 Å². The average molecular weight is 387 g/mol. The standard InChI is InChI=1S/C26H30N2O/c29-22-26(16-17-27(21-26)18-23-10-4-1-5-11-23)28(19-24-12-6-2-7-13-24)20-25-14-8-3-9-15-25/h1-15,29H,16-22H2/t26-/m0/s1. The van der Waals surface area contributed by atoms with Gasteiger partial charge in [-0.15, -0.1) is 0 Å². The molecule has 1 saturated heterocycles. The quantitative estimate of drug-likeness (QED) is 0.624. The summed E-state index contributed by atoms with van der Waals surface area (Å²) in [6, 6.07) is 31.9. The molecule has 1 fully saturated rings. The first-order valence-electron chi connectivity index (χ1n) is 10.5. The highest BCUT2D eigenvalue weighted by molar-refractivity contribution is 5.20. The first kappa shape index (κ1) is 19.8. The van der Waals surface area contributed by atoms with E-state index in [1.165, 1.54) is 16.7 Å². The van der Waals surface area contributed by atoms with Crippen LogP contribution in [0.2, 0.25) is 0 Å². The Morgan fingerprint density at radius 3 is 1.69 bits per heavy atom. The zero-order valence-electron chi connectivity index (χ0n) is 17.0. The van der Waals surface area contributed by atoms with Crippen LogP contribution in [0.3, 0.4) is 0 Å². The summed E-state index contributed by atoms with van der Waals surface area (Å²) in [6.07, 6.45) is 0.982. The zero-order valence-corrected chi connectivity index (χ0v) is 17.0. The lowest BCUT2D eigenvalue weighted by atomic mass is 9.95. The number of likely N-dealkylation sites (tertiary alicyclic amines) is 1. The van der Waals surface area contributed by atoms with Gasteiger partial charge in [-0.2, -0.15) is 0 Å². The van der Waals surface area contributed by atoms with E-state index in [4.69, 9.17) is 0 Å². The first-order chi connectivity index (χ1) is 14.3. The number of benzene rings is 3. The number of aliphatic hydroxyl groups excluding tert-OH is 1. The zero-order chi connectivity index (χ0) is 19.9. The molecule has 0 unspecified atom stereocenters. The van der Waals surface area contributed by atoms with E-state index in [9.17, 15) is 5.11 Å². The largest absolute Gasteiger partial charge is 0.394 e. The molecule has 0 aliphatic carbocycles. The third kappa shape index (κ3) is 4.94. The Kier molecular flexibility index (Phi) is 6.40. The molecule has 0 bridgehead atoms. The smallest absolute Gasteiger partial charge is 0.0628 e. The molecule has 4 rings (SSSR count). The van der Waals surface area contributed by atoms with Crippen LogP contribution in [0.5, 0.6) is 0 Å². The Balaban J connectivity index is 1.55. The summed E-state index contributed by atoms with van der Waals surface area (Å²) < 4.78 is 0. The highest BCUT2D eigenvalue weighted by Gasteiger charge is 2.42. The summed E-state index contributed by atoms with van der Waals surface area (Å²) in [5.74, 6) is 0. The van der Waals surface area contributed by atoms with E-state index in [-0.39, 0.29) is 12.1 Å². The number of nitrogens with zero attached hydrogens (tertiary/aromatic N) is 2. The molecule has 3 aromatic rings. The second kappa shape index (κ2) is 9.36. The van der Waals surface area contributed by atoms with Gasteiger partial charge in [0.1, 0.15) is 0 Å². The van der Waals surface area contributed by atoms with Gasteiger partial charge in [-0.3, -0.25) is 9.80 Å². The fourth-order valence-corrected chi connectivity index (χ4v) is 4.40. The van der Waals surface area contributed by atoms with Crippen LogP contribution in [-0.4, -0.2) is 40.1 Å². The lowest BCUT2D eigenvalue weighted by Crippen LogP contribution is -2.52. The van der Waals surface area contributed by atoms with Crippen LogP contribution in [0, 0.1) is 0 Å². The Hall–Kier alpha value is -2.46. The maximum Gasteiger partial charge on any atom is 0.0628 e. The molecule has 0 saturated carbocycles. The molecule has 3 aromatic carbocycles. The minimum absolute atomic E-state index is 0.179. The molecule has 3 heteroatoms. The predicted molar refractivity (Wildman–Crippen MR) is 118 cm³/mol. The van der Waals surface area contributed by atoms with Crippen LogP contribution in [0.1, 0.15) is 23.1 Å². The van der Waals surface area contributed by atoms with Crippen molar-refractivity contribution >= 4 is 0 Å². The van der Waals surface area contributed by atoms with Gasteiger partial charge in [0.15, 0.2) is 0 Å². The Labute approximate surface area is 174 Å². The van der Waals surface area contributed by atoms with E-state index in [0.717, 1.165) is 39.1 Å². The van der Waals surface area contributed by atoms with Crippen molar-refractivity contribution in [1.82, 2.24) is 9.80 Å². The first-order valence-corrected chi connectivity index (χ1v) is 10.5. The molecule has 0 spiro atoms. The fourth-order valence-electron chi connectivity index (χ4n) is 4.40. The summed E-state index contributed by atoms with van der Waals surface area (Å²) in [4.78, 5) is 4.97. The molecule has 1 aliphatic heterocycles. The van der Waals surface area contributed by atoms with Crippen molar-refractivity contribution < 1.29 is 5.11 Å². The van der Waals surface area contributed by atoms with Crippen molar-refractivity contribution in [3.05, 3.63) is 108 Å². The Morgan fingerprint density at radius 1 is 0.724 bits per heavy atom. The molecule has 3 nitrogen and oxygen atoms in total. The van der Waals surface area contributed by atoms with Gasteiger partial charge < -0.3 is 5.11 Å². The molecule has 150 valence electrons. The molecule has 0 aromatic heterocycles. The van der Waals surface area contributed by atoms with E-state index in [0.29, 0.717) is 0 Å². The molecular formula is C26H30N2O. The molecule has 1 aliphatic rings. The molecule has 0 amide bonds. The van der Waals surface area contributed by atoms with Crippen LogP contribution < -0.4 is 0 Å². The van der Waals surface area contributed by atoms with Crippen molar-refractivity contribution in [2.24, 2.45) is 0 Å². The fraction of sp³-hybridized carbons (Fsp3) is 0.308. The molecule has 0 radical (unpaired) electrons. The Bertz CT molecular complexity index is 827. The van der Waals surface area contributed by atoms with E-state index < -0.39 is 0 Å². The second-order valence-corrected chi connectivity index (χ2v) is 8.16. The van der Waals surface area contributed by atoms with Crippen LogP contribution >= 0.6 is 0 Å². The maximum absolute atomic E-state index is 10.6. The van der Waals surface area contributed by atoms with E-state index in [1.807, 2.05) is 0 Å². The minimum atomic E-state index is -0.222. The van der Waals surface area contributed by atoms with Crippen LogP contribution in [0.4, 0.5) is 0 Å². The molecule has 1 heterocycles. The van der Waals surface area contributed by atoms with Gasteiger partial charge in [0.2, 0.25) is 0 Å². The third-order valence-corrected chi connectivity index (χ3v) is 6.06. The number of hydrogen-bond donors (Lipinski definition) is 1. The van der Waals surface area contributed by atoms with Crippen LogP contribution in [0.15, 0.2) is 91.0 Å². The predicted octanol–water partition coefficient (Wildman–Crippen LogP) is 4.33. The average Bonchev–Trinajstić information content (AvgIpc) is 3.20. The van der Waals surface area contributed by atoms with Gasteiger partial charge in [0.25, 0.3) is 0 Å². The number of rotatable bonds is 8. The highest BCUT2D eigenvalue weighted by atomic mass is 16.3. The maximum atomic E-state index is 10.6. The van der Waals surface area contributed by atoms with E-state index >= 15 is 0 Å². The van der Waals surface area contributed by atoms with Crippen molar-refractivity contribution in [2.45, 2.75) is 31.6 Å². The summed E-state index contributed by atoms with van der Waals surface area (Å²) in [5, 5.41) is 10.6. The lowest BCUT2D eigenvalue weighted by molar-refractivity contribution is 0.0220. The second-order valence-electron chi connectivity index (χ2n) is 8.16. The molecule has 1 atom stereocenters. The summed E-state index contributed by atoms with van der Waals surface area (Å²) in [7, 11) is 0. The lowest BCUT2D eigenvalue weighted by Gasteiger charge is -2.40. The highest BCUT2D eigenvalue weighted by Crippen LogP contribution is 2.32. The summed E-state index contributed by atoms with van der Waals surface area (Å²) >= 11 is 0. The van der Waals surface area contributed by atoms with Crippen molar-refractivity contribution in [3.63, 3.8) is 0 Å². The number of aliphatic hydroxyl groups is 1. The van der Waals surface area contributed by atoms with Crippen molar-refractivity contribution in [3.8, 4) is 0 Å². The van der Waals surface area contributed by atoms with Gasteiger partial charge >= 0.3 is 0 Å². The third-order valence-electron chi connectivity index (χ3n) is 6.06. The normalized spacial score (nSPS) is 19.7. The van der Waals surface area contributed by atoms with Crippen LogP contribution in [-0.2, 0) is 19.6 Å².